The zero-order chi connectivity index (χ0) is 19.2. The van der Waals surface area contributed by atoms with Gasteiger partial charge >= 0.3 is 0 Å². The van der Waals surface area contributed by atoms with Gasteiger partial charge in [-0.05, 0) is 56.1 Å². The Morgan fingerprint density at radius 1 is 1.26 bits per heavy atom. The van der Waals surface area contributed by atoms with E-state index in [4.69, 9.17) is 27.9 Å². The van der Waals surface area contributed by atoms with Crippen molar-refractivity contribution in [1.82, 2.24) is 10.2 Å². The van der Waals surface area contributed by atoms with Crippen molar-refractivity contribution in [2.75, 3.05) is 13.1 Å². The van der Waals surface area contributed by atoms with Crippen molar-refractivity contribution in [3.05, 3.63) is 64.1 Å². The van der Waals surface area contributed by atoms with Gasteiger partial charge in [-0.3, -0.25) is 4.79 Å². The average Bonchev–Trinajstić information content (AvgIpc) is 3.15. The highest BCUT2D eigenvalue weighted by Gasteiger charge is 2.26. The van der Waals surface area contributed by atoms with Crippen molar-refractivity contribution in [3.63, 3.8) is 0 Å². The van der Waals surface area contributed by atoms with Crippen LogP contribution in [0, 0.1) is 0 Å². The standard InChI is InChI=1S/C21H24Cl2N2O2/c1-15(27-19-9-4-7-17(22)12-19)21(26)25(14-18-8-5-11-24-18)13-16-6-2-3-10-20(16)23/h2-4,6-7,9-10,12,15,18,24H,5,8,11,13-14H2,1H3. The molecule has 6 heteroatoms. The van der Waals surface area contributed by atoms with Crippen molar-refractivity contribution in [2.45, 2.75) is 38.5 Å². The number of halogens is 2. The van der Waals surface area contributed by atoms with Crippen LogP contribution in [0.5, 0.6) is 5.75 Å². The van der Waals surface area contributed by atoms with Gasteiger partial charge in [0.15, 0.2) is 6.10 Å². The summed E-state index contributed by atoms with van der Waals surface area (Å²) in [4.78, 5) is 15.0. The lowest BCUT2D eigenvalue weighted by Crippen LogP contribution is -2.45. The van der Waals surface area contributed by atoms with Gasteiger partial charge in [-0.2, -0.15) is 0 Å². The Morgan fingerprint density at radius 3 is 2.78 bits per heavy atom. The second-order valence-electron chi connectivity index (χ2n) is 6.82. The van der Waals surface area contributed by atoms with Crippen molar-refractivity contribution < 1.29 is 9.53 Å². The molecule has 27 heavy (non-hydrogen) atoms. The number of ether oxygens (including phenoxy) is 1. The molecule has 3 rings (SSSR count). The quantitative estimate of drug-likeness (QED) is 0.733. The number of nitrogens with one attached hydrogen (secondary N) is 1. The number of amides is 1. The van der Waals surface area contributed by atoms with E-state index in [1.165, 1.54) is 0 Å². The van der Waals surface area contributed by atoms with Crippen LogP contribution in [0.2, 0.25) is 10.0 Å². The van der Waals surface area contributed by atoms with Crippen LogP contribution >= 0.6 is 23.2 Å². The third-order valence-corrected chi connectivity index (χ3v) is 5.29. The maximum atomic E-state index is 13.1. The molecule has 1 aliphatic heterocycles. The minimum absolute atomic E-state index is 0.0661. The van der Waals surface area contributed by atoms with E-state index in [1.54, 1.807) is 31.2 Å². The average molecular weight is 407 g/mol. The third-order valence-electron chi connectivity index (χ3n) is 4.69. The highest BCUT2D eigenvalue weighted by atomic mass is 35.5. The van der Waals surface area contributed by atoms with E-state index in [0.717, 1.165) is 24.9 Å². The molecule has 4 nitrogen and oxygen atoms in total. The number of carbonyl (C=O) groups is 1. The summed E-state index contributed by atoms with van der Waals surface area (Å²) >= 11 is 12.3. The SMILES string of the molecule is CC(Oc1cccc(Cl)c1)C(=O)N(Cc1ccccc1Cl)CC1CCCN1. The molecule has 2 aromatic carbocycles. The minimum atomic E-state index is -0.618. The highest BCUT2D eigenvalue weighted by molar-refractivity contribution is 6.31. The van der Waals surface area contributed by atoms with Crippen molar-refractivity contribution in [3.8, 4) is 5.75 Å². The van der Waals surface area contributed by atoms with Gasteiger partial charge in [0.25, 0.3) is 5.91 Å². The lowest BCUT2D eigenvalue weighted by molar-refractivity contribution is -0.139. The maximum absolute atomic E-state index is 13.1. The normalized spacial score (nSPS) is 17.5. The predicted octanol–water partition coefficient (Wildman–Crippen LogP) is 4.54. The van der Waals surface area contributed by atoms with Gasteiger partial charge in [0.2, 0.25) is 0 Å². The fourth-order valence-corrected chi connectivity index (χ4v) is 3.67. The minimum Gasteiger partial charge on any atom is -0.481 e. The molecular formula is C21H24Cl2N2O2. The molecule has 0 aromatic heterocycles. The summed E-state index contributed by atoms with van der Waals surface area (Å²) in [6, 6.07) is 15.0. The van der Waals surface area contributed by atoms with E-state index in [2.05, 4.69) is 5.32 Å². The molecule has 144 valence electrons. The molecule has 1 N–H and O–H groups in total. The highest BCUT2D eigenvalue weighted by Crippen LogP contribution is 2.21. The van der Waals surface area contributed by atoms with E-state index >= 15 is 0 Å². The predicted molar refractivity (Wildman–Crippen MR) is 109 cm³/mol. The number of hydrogen-bond acceptors (Lipinski definition) is 3. The summed E-state index contributed by atoms with van der Waals surface area (Å²) < 4.78 is 5.84. The molecular weight excluding hydrogens is 383 g/mol. The first-order valence-electron chi connectivity index (χ1n) is 9.20. The van der Waals surface area contributed by atoms with E-state index in [0.29, 0.717) is 34.9 Å². The molecule has 1 amide bonds. The lowest BCUT2D eigenvalue weighted by atomic mass is 10.1. The largest absolute Gasteiger partial charge is 0.481 e. The van der Waals surface area contributed by atoms with E-state index < -0.39 is 6.10 Å². The number of rotatable bonds is 7. The third kappa shape index (κ3) is 5.61. The summed E-state index contributed by atoms with van der Waals surface area (Å²) in [5.41, 5.74) is 0.931. The second-order valence-corrected chi connectivity index (χ2v) is 7.66. The van der Waals surface area contributed by atoms with E-state index in [9.17, 15) is 4.79 Å². The molecule has 1 heterocycles. The van der Waals surface area contributed by atoms with Gasteiger partial charge in [0.05, 0.1) is 0 Å². The Kier molecular flexibility index (Phi) is 7.00. The molecule has 1 saturated heterocycles. The fourth-order valence-electron chi connectivity index (χ4n) is 3.30. The molecule has 0 spiro atoms. The van der Waals surface area contributed by atoms with Gasteiger partial charge in [0.1, 0.15) is 5.75 Å². The Hall–Kier alpha value is -1.75. The monoisotopic (exact) mass is 406 g/mol. The molecule has 2 aromatic rings. The van der Waals surface area contributed by atoms with Crippen LogP contribution in [-0.2, 0) is 11.3 Å². The summed E-state index contributed by atoms with van der Waals surface area (Å²) in [6.07, 6.45) is 1.58. The van der Waals surface area contributed by atoms with Crippen LogP contribution in [-0.4, -0.2) is 36.0 Å². The molecule has 0 radical (unpaired) electrons. The van der Waals surface area contributed by atoms with Crippen molar-refractivity contribution >= 4 is 29.1 Å². The van der Waals surface area contributed by atoms with E-state index in [1.807, 2.05) is 29.2 Å². The van der Waals surface area contributed by atoms with E-state index in [-0.39, 0.29) is 5.91 Å². The Balaban J connectivity index is 1.73. The van der Waals surface area contributed by atoms with Gasteiger partial charge in [-0.15, -0.1) is 0 Å². The zero-order valence-electron chi connectivity index (χ0n) is 15.3. The topological polar surface area (TPSA) is 41.6 Å². The molecule has 0 aliphatic carbocycles. The van der Waals surface area contributed by atoms with Crippen LogP contribution in [0.25, 0.3) is 0 Å². The number of nitrogens with zero attached hydrogens (tertiary/aromatic N) is 1. The van der Waals surface area contributed by atoms with Gasteiger partial charge in [-0.25, -0.2) is 0 Å². The van der Waals surface area contributed by atoms with Crippen LogP contribution < -0.4 is 10.1 Å². The van der Waals surface area contributed by atoms with Gasteiger partial charge in [-0.1, -0.05) is 47.5 Å². The van der Waals surface area contributed by atoms with Crippen molar-refractivity contribution in [2.24, 2.45) is 0 Å². The summed E-state index contributed by atoms with van der Waals surface area (Å²) in [5.74, 6) is 0.517. The van der Waals surface area contributed by atoms with Gasteiger partial charge in [0, 0.05) is 29.2 Å². The Labute approximate surface area is 170 Å². The zero-order valence-corrected chi connectivity index (χ0v) is 16.8. The fraction of sp³-hybridized carbons (Fsp3) is 0.381. The van der Waals surface area contributed by atoms with Crippen molar-refractivity contribution in [1.29, 1.82) is 0 Å². The Bertz CT molecular complexity index is 778. The van der Waals surface area contributed by atoms with Gasteiger partial charge < -0.3 is 15.0 Å². The molecule has 1 aliphatic rings. The molecule has 1 fully saturated rings. The molecule has 2 atom stereocenters. The lowest BCUT2D eigenvalue weighted by Gasteiger charge is -2.29. The van der Waals surface area contributed by atoms with Crippen LogP contribution in [0.1, 0.15) is 25.3 Å². The first-order valence-corrected chi connectivity index (χ1v) is 9.96. The maximum Gasteiger partial charge on any atom is 0.263 e. The molecule has 0 bridgehead atoms. The summed E-state index contributed by atoms with van der Waals surface area (Å²) in [7, 11) is 0. The molecule has 0 saturated carbocycles. The van der Waals surface area contributed by atoms with Crippen LogP contribution in [0.4, 0.5) is 0 Å². The van der Waals surface area contributed by atoms with Crippen LogP contribution in [0.15, 0.2) is 48.5 Å². The first kappa shape index (κ1) is 20.0. The number of carbonyl (C=O) groups excluding carboxylic acids is 1. The second kappa shape index (κ2) is 9.45. The summed E-state index contributed by atoms with van der Waals surface area (Å²) in [5, 5.41) is 4.70. The molecule has 2 unspecified atom stereocenters. The number of benzene rings is 2. The van der Waals surface area contributed by atoms with Crippen LogP contribution in [0.3, 0.4) is 0 Å². The smallest absolute Gasteiger partial charge is 0.263 e. The summed E-state index contributed by atoms with van der Waals surface area (Å²) in [6.45, 7) is 3.85. The first-order chi connectivity index (χ1) is 13.0. The number of hydrogen-bond donors (Lipinski definition) is 1. The Morgan fingerprint density at radius 2 is 2.07 bits per heavy atom.